The van der Waals surface area contributed by atoms with Crippen molar-refractivity contribution < 1.29 is 12.8 Å². The molecule has 3 heterocycles. The molecule has 0 spiro atoms. The molecule has 1 fully saturated rings. The average Bonchev–Trinajstić information content (AvgIpc) is 3.39. The average molecular weight is 402 g/mol. The lowest BCUT2D eigenvalue weighted by Gasteiger charge is -2.29. The van der Waals surface area contributed by atoms with E-state index in [1.54, 1.807) is 17.4 Å². The third-order valence-electron chi connectivity index (χ3n) is 4.53. The van der Waals surface area contributed by atoms with Crippen molar-refractivity contribution in [2.45, 2.75) is 18.8 Å². The summed E-state index contributed by atoms with van der Waals surface area (Å²) >= 11 is 1.56. The summed E-state index contributed by atoms with van der Waals surface area (Å²) in [6.45, 7) is 0.857. The first-order valence-corrected chi connectivity index (χ1v) is 11.2. The lowest BCUT2D eigenvalue weighted by molar-refractivity contribution is 0.288. The number of aromatic nitrogens is 2. The smallest absolute Gasteiger partial charge is 0.248 e. The Morgan fingerprint density at radius 3 is 2.81 bits per heavy atom. The highest BCUT2D eigenvalue weighted by molar-refractivity contribution is 7.92. The molecule has 27 heavy (non-hydrogen) atoms. The third-order valence-corrected chi connectivity index (χ3v) is 6.75. The molecule has 3 aromatic rings. The summed E-state index contributed by atoms with van der Waals surface area (Å²) in [4.78, 5) is 0. The van der Waals surface area contributed by atoms with Gasteiger partial charge in [0.05, 0.1) is 5.92 Å². The molecular weight excluding hydrogens is 382 g/mol. The van der Waals surface area contributed by atoms with Crippen LogP contribution in [0.2, 0.25) is 0 Å². The molecule has 1 aliphatic heterocycles. The Bertz CT molecular complexity index is 1010. The molecule has 1 atom stereocenters. The number of benzene rings is 1. The van der Waals surface area contributed by atoms with Crippen LogP contribution in [0.5, 0.6) is 0 Å². The van der Waals surface area contributed by atoms with Crippen molar-refractivity contribution in [3.05, 3.63) is 64.0 Å². The normalized spacial score (nSPS) is 18.9. The summed E-state index contributed by atoms with van der Waals surface area (Å²) in [6.07, 6.45) is 3.22. The fraction of sp³-hybridized carbons (Fsp3) is 0.263. The predicted molar refractivity (Wildman–Crippen MR) is 106 cm³/mol. The van der Waals surface area contributed by atoms with E-state index in [0.29, 0.717) is 24.9 Å². The molecule has 140 valence electrons. The van der Waals surface area contributed by atoms with Crippen LogP contribution in [0.15, 0.2) is 57.0 Å². The second-order valence-electron chi connectivity index (χ2n) is 6.41. The Balaban J connectivity index is 1.48. The van der Waals surface area contributed by atoms with Gasteiger partial charge in [0.1, 0.15) is 0 Å². The molecule has 4 rings (SSSR count). The van der Waals surface area contributed by atoms with Crippen molar-refractivity contribution in [3.63, 3.8) is 0 Å². The first-order chi connectivity index (χ1) is 13.1. The fourth-order valence-corrected chi connectivity index (χ4v) is 4.99. The number of hydrogen-bond donors (Lipinski definition) is 0. The van der Waals surface area contributed by atoms with Crippen LogP contribution in [-0.2, 0) is 10.0 Å². The van der Waals surface area contributed by atoms with Crippen molar-refractivity contribution in [3.8, 4) is 11.5 Å². The van der Waals surface area contributed by atoms with Gasteiger partial charge < -0.3 is 4.42 Å². The lowest BCUT2D eigenvalue weighted by atomic mass is 10.00. The first-order valence-electron chi connectivity index (χ1n) is 8.71. The van der Waals surface area contributed by atoms with Crippen molar-refractivity contribution in [1.82, 2.24) is 14.5 Å². The second-order valence-corrected chi connectivity index (χ2v) is 9.01. The van der Waals surface area contributed by atoms with Crippen molar-refractivity contribution in [2.75, 3.05) is 13.1 Å². The van der Waals surface area contributed by atoms with E-state index in [2.05, 4.69) is 10.2 Å². The predicted octanol–water partition coefficient (Wildman–Crippen LogP) is 3.98. The molecule has 0 saturated carbocycles. The fourth-order valence-electron chi connectivity index (χ4n) is 3.09. The monoisotopic (exact) mass is 401 g/mol. The summed E-state index contributed by atoms with van der Waals surface area (Å²) in [7, 11) is -3.49. The van der Waals surface area contributed by atoms with E-state index < -0.39 is 10.0 Å². The van der Waals surface area contributed by atoms with E-state index in [1.807, 2.05) is 47.2 Å². The van der Waals surface area contributed by atoms with Crippen molar-refractivity contribution >= 4 is 27.4 Å². The standard InChI is InChI=1S/C19H19N3O3S2/c23-27(24,12-9-15-5-2-1-3-6-15)22-10-4-7-16(13-22)18-20-21-19(25-18)17-8-11-26-14-17/h1-3,5-6,8-9,11-12,14,16H,4,7,10,13H2/b12-9+. The van der Waals surface area contributed by atoms with Gasteiger partial charge in [0, 0.05) is 29.4 Å². The maximum atomic E-state index is 12.7. The second kappa shape index (κ2) is 7.75. The van der Waals surface area contributed by atoms with Gasteiger partial charge in [-0.3, -0.25) is 0 Å². The molecule has 0 N–H and O–H groups in total. The van der Waals surface area contributed by atoms with Gasteiger partial charge >= 0.3 is 0 Å². The zero-order valence-electron chi connectivity index (χ0n) is 14.6. The van der Waals surface area contributed by atoms with E-state index in [0.717, 1.165) is 24.0 Å². The van der Waals surface area contributed by atoms with E-state index >= 15 is 0 Å². The van der Waals surface area contributed by atoms with Gasteiger partial charge in [-0.2, -0.15) is 15.6 Å². The van der Waals surface area contributed by atoms with Gasteiger partial charge in [0.2, 0.25) is 21.8 Å². The van der Waals surface area contributed by atoms with Crippen LogP contribution in [0, 0.1) is 0 Å². The third kappa shape index (κ3) is 4.18. The summed E-state index contributed by atoms with van der Waals surface area (Å²) in [5.74, 6) is 0.900. The van der Waals surface area contributed by atoms with Crippen LogP contribution in [0.3, 0.4) is 0 Å². The van der Waals surface area contributed by atoms with Crippen LogP contribution < -0.4 is 0 Å². The zero-order chi connectivity index (χ0) is 18.7. The molecule has 2 aromatic heterocycles. The van der Waals surface area contributed by atoms with Crippen molar-refractivity contribution in [2.24, 2.45) is 0 Å². The number of hydrogen-bond acceptors (Lipinski definition) is 6. The highest BCUT2D eigenvalue weighted by Gasteiger charge is 2.31. The topological polar surface area (TPSA) is 76.3 Å². The van der Waals surface area contributed by atoms with Gasteiger partial charge in [0.15, 0.2) is 0 Å². The van der Waals surface area contributed by atoms with Crippen LogP contribution in [-0.4, -0.2) is 36.0 Å². The molecule has 6 nitrogen and oxygen atoms in total. The number of thiophene rings is 1. The number of nitrogens with zero attached hydrogens (tertiary/aromatic N) is 3. The van der Waals surface area contributed by atoms with Crippen LogP contribution in [0.25, 0.3) is 17.5 Å². The minimum absolute atomic E-state index is 0.0847. The van der Waals surface area contributed by atoms with E-state index in [9.17, 15) is 8.42 Å². The summed E-state index contributed by atoms with van der Waals surface area (Å²) in [5, 5.41) is 13.4. The Kier molecular flexibility index (Phi) is 5.20. The van der Waals surface area contributed by atoms with Crippen LogP contribution in [0.4, 0.5) is 0 Å². The first kappa shape index (κ1) is 18.1. The van der Waals surface area contributed by atoms with Gasteiger partial charge in [-0.15, -0.1) is 10.2 Å². The molecule has 1 aliphatic rings. The van der Waals surface area contributed by atoms with Crippen LogP contribution >= 0.6 is 11.3 Å². The molecule has 0 aliphatic carbocycles. The minimum Gasteiger partial charge on any atom is -0.420 e. The quantitative estimate of drug-likeness (QED) is 0.646. The molecule has 1 saturated heterocycles. The van der Waals surface area contributed by atoms with Gasteiger partial charge in [-0.1, -0.05) is 30.3 Å². The molecule has 0 radical (unpaired) electrons. The van der Waals surface area contributed by atoms with E-state index in [1.165, 1.54) is 9.71 Å². The Hall–Kier alpha value is -2.29. The van der Waals surface area contributed by atoms with E-state index in [-0.39, 0.29) is 5.92 Å². The number of sulfonamides is 1. The highest BCUT2D eigenvalue weighted by atomic mass is 32.2. The maximum absolute atomic E-state index is 12.7. The Morgan fingerprint density at radius 2 is 2.04 bits per heavy atom. The van der Waals surface area contributed by atoms with Crippen molar-refractivity contribution in [1.29, 1.82) is 0 Å². The molecule has 0 amide bonds. The highest BCUT2D eigenvalue weighted by Crippen LogP contribution is 2.30. The molecular formula is C19H19N3O3S2. The van der Waals surface area contributed by atoms with Gasteiger partial charge in [-0.25, -0.2) is 8.42 Å². The SMILES string of the molecule is O=S(=O)(/C=C/c1ccccc1)N1CCCC(c2nnc(-c3ccsc3)o2)C1. The molecule has 1 unspecified atom stereocenters. The summed E-state index contributed by atoms with van der Waals surface area (Å²) in [6, 6.07) is 11.3. The Labute approximate surface area is 162 Å². The lowest BCUT2D eigenvalue weighted by Crippen LogP contribution is -2.38. The molecule has 0 bridgehead atoms. The summed E-state index contributed by atoms with van der Waals surface area (Å²) in [5.41, 5.74) is 1.75. The number of rotatable bonds is 5. The number of piperidine rings is 1. The van der Waals surface area contributed by atoms with Gasteiger partial charge in [-0.05, 0) is 35.9 Å². The largest absolute Gasteiger partial charge is 0.420 e. The van der Waals surface area contributed by atoms with E-state index in [4.69, 9.17) is 4.42 Å². The summed E-state index contributed by atoms with van der Waals surface area (Å²) < 4.78 is 32.7. The van der Waals surface area contributed by atoms with Gasteiger partial charge in [0.25, 0.3) is 0 Å². The molecule has 1 aromatic carbocycles. The van der Waals surface area contributed by atoms with Crippen LogP contribution in [0.1, 0.15) is 30.2 Å². The maximum Gasteiger partial charge on any atom is 0.248 e. The zero-order valence-corrected chi connectivity index (χ0v) is 16.2. The molecule has 8 heteroatoms. The minimum atomic E-state index is -3.49. The Morgan fingerprint density at radius 1 is 1.19 bits per heavy atom.